The Morgan fingerprint density at radius 1 is 0.536 bits per heavy atom. The lowest BCUT2D eigenvalue weighted by molar-refractivity contribution is -0.150. The summed E-state index contributed by atoms with van der Waals surface area (Å²) in [6.45, 7) is 6.72. The maximum Gasteiger partial charge on any atom is 0.306 e. The largest absolute Gasteiger partial charge is 0.462 e. The second kappa shape index (κ2) is 22.8. The Hall–Kier alpha value is -0.530. The third-order valence-electron chi connectivity index (χ3n) is 5.79. The molecule has 0 aliphatic rings. The van der Waals surface area contributed by atoms with Gasteiger partial charge in [-0.2, -0.15) is 0 Å². The van der Waals surface area contributed by atoms with E-state index < -0.39 is 0 Å². The lowest BCUT2D eigenvalue weighted by atomic mass is 10.0. The first kappa shape index (κ1) is 27.5. The van der Waals surface area contributed by atoms with Crippen LogP contribution < -0.4 is 0 Å². The van der Waals surface area contributed by atoms with Crippen LogP contribution in [0.5, 0.6) is 0 Å². The molecule has 0 amide bonds. The van der Waals surface area contributed by atoms with Gasteiger partial charge >= 0.3 is 5.97 Å². The quantitative estimate of drug-likeness (QED) is 0.135. The van der Waals surface area contributed by atoms with E-state index in [2.05, 4.69) is 20.8 Å². The highest BCUT2D eigenvalue weighted by molar-refractivity contribution is 5.69. The van der Waals surface area contributed by atoms with Crippen LogP contribution in [0.15, 0.2) is 0 Å². The minimum Gasteiger partial charge on any atom is -0.462 e. The van der Waals surface area contributed by atoms with Gasteiger partial charge in [0, 0.05) is 6.42 Å². The van der Waals surface area contributed by atoms with Crippen molar-refractivity contribution in [3.63, 3.8) is 0 Å². The molecule has 28 heavy (non-hydrogen) atoms. The number of hydrogen-bond acceptors (Lipinski definition) is 2. The van der Waals surface area contributed by atoms with Crippen molar-refractivity contribution in [2.75, 3.05) is 0 Å². The van der Waals surface area contributed by atoms with E-state index in [0.717, 1.165) is 19.3 Å². The summed E-state index contributed by atoms with van der Waals surface area (Å²) in [7, 11) is 0. The Morgan fingerprint density at radius 2 is 0.929 bits per heavy atom. The molecule has 0 aromatic rings. The molecule has 0 heterocycles. The molecule has 0 fully saturated rings. The third kappa shape index (κ3) is 20.2. The van der Waals surface area contributed by atoms with E-state index >= 15 is 0 Å². The summed E-state index contributed by atoms with van der Waals surface area (Å²) in [4.78, 5) is 12.1. The topological polar surface area (TPSA) is 26.3 Å². The van der Waals surface area contributed by atoms with Crippen LogP contribution in [0.25, 0.3) is 0 Å². The van der Waals surface area contributed by atoms with Crippen molar-refractivity contribution in [1.82, 2.24) is 0 Å². The fraction of sp³-hybridized carbons (Fsp3) is 0.962. The fourth-order valence-corrected chi connectivity index (χ4v) is 3.85. The summed E-state index contributed by atoms with van der Waals surface area (Å²) in [5.74, 6) is 0.0423. The minimum absolute atomic E-state index is 0.0423. The second-order valence-electron chi connectivity index (χ2n) is 8.74. The van der Waals surface area contributed by atoms with Gasteiger partial charge in [0.1, 0.15) is 6.10 Å². The summed E-state index contributed by atoms with van der Waals surface area (Å²) in [5, 5.41) is 0. The summed E-state index contributed by atoms with van der Waals surface area (Å²) >= 11 is 0. The maximum absolute atomic E-state index is 12.1. The van der Waals surface area contributed by atoms with Crippen LogP contribution in [-0.2, 0) is 9.53 Å². The Bertz CT molecular complexity index is 314. The molecule has 1 unspecified atom stereocenters. The van der Waals surface area contributed by atoms with Crippen LogP contribution in [0.1, 0.15) is 156 Å². The predicted octanol–water partition coefficient (Wildman–Crippen LogP) is 9.15. The molecule has 0 saturated carbocycles. The molecule has 1 atom stereocenters. The van der Waals surface area contributed by atoms with E-state index in [-0.39, 0.29) is 12.1 Å². The first-order valence-corrected chi connectivity index (χ1v) is 12.9. The van der Waals surface area contributed by atoms with Crippen molar-refractivity contribution in [1.29, 1.82) is 0 Å². The molecule has 2 heteroatoms. The zero-order chi connectivity index (χ0) is 20.7. The number of ether oxygens (including phenoxy) is 1. The smallest absolute Gasteiger partial charge is 0.306 e. The molecule has 168 valence electrons. The third-order valence-corrected chi connectivity index (χ3v) is 5.79. The summed E-state index contributed by atoms with van der Waals surface area (Å²) in [6, 6.07) is 0. The van der Waals surface area contributed by atoms with E-state index in [9.17, 15) is 4.79 Å². The van der Waals surface area contributed by atoms with Gasteiger partial charge in [-0.1, -0.05) is 124 Å². The molecule has 0 aromatic heterocycles. The van der Waals surface area contributed by atoms with E-state index in [0.29, 0.717) is 6.42 Å². The molecule has 0 radical (unpaired) electrons. The fourth-order valence-electron chi connectivity index (χ4n) is 3.85. The average Bonchev–Trinajstić information content (AvgIpc) is 2.69. The van der Waals surface area contributed by atoms with E-state index in [1.54, 1.807) is 0 Å². The van der Waals surface area contributed by atoms with Gasteiger partial charge in [0.05, 0.1) is 0 Å². The van der Waals surface area contributed by atoms with Crippen LogP contribution in [0.3, 0.4) is 0 Å². The van der Waals surface area contributed by atoms with Gasteiger partial charge in [0.15, 0.2) is 0 Å². The number of carbonyl (C=O) groups is 1. The first-order valence-electron chi connectivity index (χ1n) is 12.9. The zero-order valence-electron chi connectivity index (χ0n) is 19.7. The van der Waals surface area contributed by atoms with E-state index in [4.69, 9.17) is 4.74 Å². The highest BCUT2D eigenvalue weighted by Gasteiger charge is 2.13. The van der Waals surface area contributed by atoms with Crippen molar-refractivity contribution < 1.29 is 9.53 Å². The van der Waals surface area contributed by atoms with Gasteiger partial charge in [0.25, 0.3) is 0 Å². The van der Waals surface area contributed by atoms with Crippen LogP contribution in [-0.4, -0.2) is 12.1 Å². The Balaban J connectivity index is 3.69. The van der Waals surface area contributed by atoms with Gasteiger partial charge < -0.3 is 4.74 Å². The van der Waals surface area contributed by atoms with Gasteiger partial charge in [-0.15, -0.1) is 0 Å². The summed E-state index contributed by atoms with van der Waals surface area (Å²) in [5.41, 5.74) is 0. The highest BCUT2D eigenvalue weighted by Crippen LogP contribution is 2.17. The normalized spacial score (nSPS) is 12.2. The second-order valence-corrected chi connectivity index (χ2v) is 8.74. The highest BCUT2D eigenvalue weighted by atomic mass is 16.5. The molecule has 0 rings (SSSR count). The average molecular weight is 397 g/mol. The van der Waals surface area contributed by atoms with Crippen molar-refractivity contribution in [3.8, 4) is 0 Å². The zero-order valence-corrected chi connectivity index (χ0v) is 19.7. The van der Waals surface area contributed by atoms with Crippen molar-refractivity contribution in [3.05, 3.63) is 0 Å². The lowest BCUT2D eigenvalue weighted by Crippen LogP contribution is -2.18. The molecular formula is C26H52O2. The molecule has 0 aromatic carbocycles. The Kier molecular flexibility index (Phi) is 22.3. The number of rotatable bonds is 22. The van der Waals surface area contributed by atoms with E-state index in [1.807, 2.05) is 0 Å². The Labute approximate surface area is 177 Å². The minimum atomic E-state index is 0.0423. The summed E-state index contributed by atoms with van der Waals surface area (Å²) < 4.78 is 5.81. The van der Waals surface area contributed by atoms with Crippen molar-refractivity contribution in [2.24, 2.45) is 0 Å². The Morgan fingerprint density at radius 3 is 1.43 bits per heavy atom. The molecule has 0 saturated heterocycles. The first-order chi connectivity index (χ1) is 13.7. The number of carbonyl (C=O) groups excluding carboxylic acids is 1. The van der Waals surface area contributed by atoms with E-state index in [1.165, 1.54) is 109 Å². The molecule has 0 N–H and O–H groups in total. The monoisotopic (exact) mass is 396 g/mol. The van der Waals surface area contributed by atoms with Gasteiger partial charge in [-0.25, -0.2) is 0 Å². The number of hydrogen-bond donors (Lipinski definition) is 0. The van der Waals surface area contributed by atoms with Gasteiger partial charge in [-0.05, 0) is 25.7 Å². The molecule has 0 bridgehead atoms. The molecule has 2 nitrogen and oxygen atoms in total. The summed E-state index contributed by atoms with van der Waals surface area (Å²) in [6.07, 6.45) is 26.3. The maximum atomic E-state index is 12.1. The van der Waals surface area contributed by atoms with Crippen LogP contribution >= 0.6 is 0 Å². The van der Waals surface area contributed by atoms with Crippen LogP contribution in [0.4, 0.5) is 0 Å². The van der Waals surface area contributed by atoms with Crippen LogP contribution in [0, 0.1) is 0 Å². The molecule has 0 aliphatic carbocycles. The van der Waals surface area contributed by atoms with Gasteiger partial charge in [-0.3, -0.25) is 4.79 Å². The van der Waals surface area contributed by atoms with Crippen molar-refractivity contribution >= 4 is 5.97 Å². The number of unbranched alkanes of at least 4 members (excludes halogenated alkanes) is 15. The molecule has 0 aliphatic heterocycles. The predicted molar refractivity (Wildman–Crippen MR) is 124 cm³/mol. The number of esters is 1. The standard InChI is InChI=1S/C26H52O2/c1-4-7-10-12-13-14-15-16-17-19-20-23-25(22-9-6-3)28-26(27)24-21-18-11-8-5-2/h25H,4-24H2,1-3H3. The van der Waals surface area contributed by atoms with Gasteiger partial charge in [0.2, 0.25) is 0 Å². The van der Waals surface area contributed by atoms with Crippen LogP contribution in [0.2, 0.25) is 0 Å². The SMILES string of the molecule is CCCCCCCCCCCCCC(CCCC)OC(=O)CCCCCCC. The molecular weight excluding hydrogens is 344 g/mol. The van der Waals surface area contributed by atoms with Crippen molar-refractivity contribution in [2.45, 2.75) is 162 Å². The lowest BCUT2D eigenvalue weighted by Gasteiger charge is -2.18. The molecule has 0 spiro atoms.